The molecule has 0 saturated carbocycles. The fraction of sp³-hybridized carbons (Fsp3) is 1.00. The summed E-state index contributed by atoms with van der Waals surface area (Å²) < 4.78 is 3.22. The van der Waals surface area contributed by atoms with Gasteiger partial charge in [0, 0.05) is 0 Å². The molecule has 0 aliphatic rings. The molecule has 0 unspecified atom stereocenters. The van der Waals surface area contributed by atoms with Crippen LogP contribution < -0.4 is 18.9 Å². The zero-order valence-electron chi connectivity index (χ0n) is 5.72. The molecule has 0 rings (SSSR count). The molecule has 0 aliphatic carbocycles. The van der Waals surface area contributed by atoms with Gasteiger partial charge in [0.25, 0.3) is 0 Å². The summed E-state index contributed by atoms with van der Waals surface area (Å²) >= 11 is 0. The third kappa shape index (κ3) is 11.8. The Kier molecular flexibility index (Phi) is 5.76. The van der Waals surface area contributed by atoms with Gasteiger partial charge in [-0.3, -0.25) is 0 Å². The van der Waals surface area contributed by atoms with Crippen LogP contribution in [0.4, 0.5) is 0 Å². The van der Waals surface area contributed by atoms with Crippen molar-refractivity contribution >= 4 is 7.32 Å². The molecule has 0 radical (unpaired) electrons. The van der Waals surface area contributed by atoms with E-state index in [4.69, 9.17) is 25.4 Å². The molecule has 0 aromatic rings. The van der Waals surface area contributed by atoms with Crippen molar-refractivity contribution in [2.75, 3.05) is 0 Å². The van der Waals surface area contributed by atoms with E-state index in [1.807, 2.05) is 0 Å². The van der Waals surface area contributed by atoms with Gasteiger partial charge in [0.05, 0.1) is 0 Å². The predicted molar refractivity (Wildman–Crippen MR) is 21.8 cm³/mol. The normalized spacial score (nSPS) is 10.3. The van der Waals surface area contributed by atoms with Gasteiger partial charge in [0.1, 0.15) is 0 Å². The molecule has 0 saturated heterocycles. The average molecular weight is 132 g/mol. The van der Waals surface area contributed by atoms with Gasteiger partial charge >= 0.3 is 32.3 Å². The first kappa shape index (κ1) is 12.1. The Morgan fingerprint density at radius 2 is 1.56 bits per heavy atom. The van der Waals surface area contributed by atoms with Gasteiger partial charge < -0.3 is 31.4 Å². The van der Waals surface area contributed by atoms with Crippen LogP contribution in [0.2, 0.25) is 0 Å². The SMILES string of the molecule is OB(O)OC(O)(O)O.[H-].[Li+]. The maximum atomic E-state index is 7.76. The van der Waals surface area contributed by atoms with Crippen LogP contribution in [0.5, 0.6) is 0 Å². The molecule has 0 bridgehead atoms. The quantitative estimate of drug-likeness (QED) is 0.189. The Bertz CT molecular complexity index is 72.6. The van der Waals surface area contributed by atoms with E-state index >= 15 is 0 Å². The summed E-state index contributed by atoms with van der Waals surface area (Å²) in [5.41, 5.74) is 0. The van der Waals surface area contributed by atoms with Gasteiger partial charge in [0.2, 0.25) is 0 Å². The first-order valence-corrected chi connectivity index (χ1v) is 1.63. The molecule has 50 valence electrons. The average Bonchev–Trinajstić information content (AvgIpc) is 1.21. The zero-order chi connectivity index (χ0) is 6.78. The summed E-state index contributed by atoms with van der Waals surface area (Å²) in [5.74, 6) is 0. The maximum Gasteiger partial charge on any atom is 1.00 e. The molecule has 8 heteroatoms. The summed E-state index contributed by atoms with van der Waals surface area (Å²) in [7, 11) is -2.41. The van der Waals surface area contributed by atoms with Gasteiger partial charge in [-0.05, 0) is 0 Å². The van der Waals surface area contributed by atoms with E-state index in [-0.39, 0.29) is 20.3 Å². The monoisotopic (exact) mass is 132 g/mol. The predicted octanol–water partition coefficient (Wildman–Crippen LogP) is -6.32. The van der Waals surface area contributed by atoms with Crippen molar-refractivity contribution in [1.82, 2.24) is 0 Å². The van der Waals surface area contributed by atoms with Crippen molar-refractivity contribution in [3.8, 4) is 0 Å². The summed E-state index contributed by atoms with van der Waals surface area (Å²) in [5, 5.41) is 38.8. The molecule has 0 aromatic heterocycles. The van der Waals surface area contributed by atoms with Gasteiger partial charge in [0.15, 0.2) is 0 Å². The smallest absolute Gasteiger partial charge is 1.00 e. The van der Waals surface area contributed by atoms with E-state index in [0.717, 1.165) is 0 Å². The second-order valence-electron chi connectivity index (χ2n) is 1.02. The molecule has 6 nitrogen and oxygen atoms in total. The van der Waals surface area contributed by atoms with E-state index in [2.05, 4.69) is 4.65 Å². The number of hydrogen-bond acceptors (Lipinski definition) is 6. The van der Waals surface area contributed by atoms with Crippen molar-refractivity contribution in [3.05, 3.63) is 0 Å². The van der Waals surface area contributed by atoms with Crippen molar-refractivity contribution in [1.29, 1.82) is 0 Å². The first-order chi connectivity index (χ1) is 3.42. The molecule has 0 aromatic carbocycles. The summed E-state index contributed by atoms with van der Waals surface area (Å²) in [6, 6.07) is 0. The number of hydrogen-bond donors (Lipinski definition) is 5. The molecule has 0 heterocycles. The van der Waals surface area contributed by atoms with Gasteiger partial charge in [-0.25, -0.2) is 0 Å². The topological polar surface area (TPSA) is 110 Å². The van der Waals surface area contributed by atoms with Crippen LogP contribution in [0.15, 0.2) is 0 Å². The third-order valence-corrected chi connectivity index (χ3v) is 0.264. The molecule has 0 amide bonds. The van der Waals surface area contributed by atoms with E-state index in [9.17, 15) is 0 Å². The second kappa shape index (κ2) is 4.27. The van der Waals surface area contributed by atoms with Crippen molar-refractivity contribution in [2.24, 2.45) is 0 Å². The molecule has 0 atom stereocenters. The number of aliphatic hydroxyl groups is 3. The Morgan fingerprint density at radius 3 is 1.56 bits per heavy atom. The van der Waals surface area contributed by atoms with Crippen LogP contribution in [0.25, 0.3) is 0 Å². The molecule has 0 fully saturated rings. The van der Waals surface area contributed by atoms with Crippen LogP contribution in [0, 0.1) is 0 Å². The maximum absolute atomic E-state index is 7.76. The van der Waals surface area contributed by atoms with Crippen LogP contribution in [0.3, 0.4) is 0 Å². The van der Waals surface area contributed by atoms with Crippen LogP contribution in [-0.4, -0.2) is 38.8 Å². The van der Waals surface area contributed by atoms with Crippen LogP contribution in [0.1, 0.15) is 1.43 Å². The minimum atomic E-state index is -3.48. The molecule has 0 aliphatic heterocycles. The van der Waals surface area contributed by atoms with Gasteiger partial charge in [-0.1, -0.05) is 0 Å². The van der Waals surface area contributed by atoms with Crippen LogP contribution >= 0.6 is 0 Å². The standard InChI is InChI=1S/CH5BO6.Li.H/c3-1(4,5)8-2(6)7;;/h3-7H;;/q;+1;-1. The second-order valence-corrected chi connectivity index (χ2v) is 1.02. The molecule has 9 heavy (non-hydrogen) atoms. The van der Waals surface area contributed by atoms with E-state index in [1.54, 1.807) is 0 Å². The van der Waals surface area contributed by atoms with Gasteiger partial charge in [-0.15, -0.1) is 0 Å². The minimum absolute atomic E-state index is 0. The van der Waals surface area contributed by atoms with Crippen LogP contribution in [-0.2, 0) is 4.65 Å². The van der Waals surface area contributed by atoms with Crippen molar-refractivity contribution in [3.63, 3.8) is 0 Å². The van der Waals surface area contributed by atoms with Crippen molar-refractivity contribution in [2.45, 2.75) is 6.16 Å². The first-order valence-electron chi connectivity index (χ1n) is 1.63. The molecule has 5 N–H and O–H groups in total. The zero-order valence-corrected chi connectivity index (χ0v) is 4.72. The van der Waals surface area contributed by atoms with E-state index < -0.39 is 13.5 Å². The fourth-order valence-electron chi connectivity index (χ4n) is 0.141. The molecule has 0 spiro atoms. The summed E-state index contributed by atoms with van der Waals surface area (Å²) in [4.78, 5) is 0. The largest absolute Gasteiger partial charge is 1.00 e. The van der Waals surface area contributed by atoms with Crippen molar-refractivity contribution < 1.29 is 50.3 Å². The minimum Gasteiger partial charge on any atom is -1.00 e. The van der Waals surface area contributed by atoms with E-state index in [1.165, 1.54) is 0 Å². The third-order valence-electron chi connectivity index (χ3n) is 0.264. The Balaban J connectivity index is -0.000000245. The Hall–Kier alpha value is 0.422. The summed E-state index contributed by atoms with van der Waals surface area (Å²) in [6.45, 7) is 0. The van der Waals surface area contributed by atoms with E-state index in [0.29, 0.717) is 0 Å². The fourth-order valence-corrected chi connectivity index (χ4v) is 0.141. The summed E-state index contributed by atoms with van der Waals surface area (Å²) in [6.07, 6.45) is -3.48. The van der Waals surface area contributed by atoms with Gasteiger partial charge in [-0.2, -0.15) is 0 Å². The molecular formula is CH6BLiO6. The molecular weight excluding hydrogens is 126 g/mol. The Labute approximate surface area is 64.5 Å². The Morgan fingerprint density at radius 1 is 1.22 bits per heavy atom. The number of rotatable bonds is 2.